The third kappa shape index (κ3) is 3.00. The van der Waals surface area contributed by atoms with E-state index in [0.717, 1.165) is 23.7 Å². The molecule has 0 fully saturated rings. The average Bonchev–Trinajstić information content (AvgIpc) is 2.77. The van der Waals surface area contributed by atoms with Crippen molar-refractivity contribution in [3.63, 3.8) is 0 Å². The minimum Gasteiger partial charge on any atom is -0.366 e. The topological polar surface area (TPSA) is 115 Å². The van der Waals surface area contributed by atoms with Gasteiger partial charge in [-0.1, -0.05) is 0 Å². The Morgan fingerprint density at radius 1 is 1.37 bits per heavy atom. The van der Waals surface area contributed by atoms with Crippen molar-refractivity contribution in [1.29, 1.82) is 0 Å². The first-order valence-electron chi connectivity index (χ1n) is 4.78. The van der Waals surface area contributed by atoms with Crippen LogP contribution in [0.4, 0.5) is 5.00 Å². The minimum absolute atomic E-state index is 0.0621. The van der Waals surface area contributed by atoms with Gasteiger partial charge in [-0.15, -0.1) is 11.3 Å². The molecule has 2 rings (SSSR count). The SMILES string of the molecule is NC(=O)c1ccsc1NS(=O)(=O)c1cnc(Cl)nc1. The maximum atomic E-state index is 12.0. The highest BCUT2D eigenvalue weighted by atomic mass is 35.5. The zero-order valence-corrected chi connectivity index (χ0v) is 11.6. The third-order valence-electron chi connectivity index (χ3n) is 2.06. The van der Waals surface area contributed by atoms with E-state index >= 15 is 0 Å². The second-order valence-corrected chi connectivity index (χ2v) is 6.26. The van der Waals surface area contributed by atoms with Crippen LogP contribution in [-0.4, -0.2) is 24.3 Å². The zero-order chi connectivity index (χ0) is 14.0. The molecule has 0 bridgehead atoms. The number of sulfonamides is 1. The molecule has 2 aromatic rings. The number of hydrogen-bond acceptors (Lipinski definition) is 6. The molecule has 0 spiro atoms. The molecule has 3 N–H and O–H groups in total. The lowest BCUT2D eigenvalue weighted by atomic mass is 10.3. The molecule has 2 heterocycles. The van der Waals surface area contributed by atoms with Crippen molar-refractivity contribution >= 4 is 43.9 Å². The number of nitrogens with one attached hydrogen (secondary N) is 1. The van der Waals surface area contributed by atoms with E-state index in [1.807, 2.05) is 0 Å². The van der Waals surface area contributed by atoms with Gasteiger partial charge in [0.05, 0.1) is 18.0 Å². The van der Waals surface area contributed by atoms with Crippen molar-refractivity contribution in [3.8, 4) is 0 Å². The Bertz CT molecular complexity index is 711. The summed E-state index contributed by atoms with van der Waals surface area (Å²) in [6.07, 6.45) is 2.13. The van der Waals surface area contributed by atoms with Crippen molar-refractivity contribution in [3.05, 3.63) is 34.7 Å². The van der Waals surface area contributed by atoms with Crippen LogP contribution < -0.4 is 10.5 Å². The Hall–Kier alpha value is -1.71. The summed E-state index contributed by atoms with van der Waals surface area (Å²) in [7, 11) is -3.89. The lowest BCUT2D eigenvalue weighted by molar-refractivity contribution is 0.100. The number of primary amides is 1. The summed E-state index contributed by atoms with van der Waals surface area (Å²) < 4.78 is 26.3. The number of nitrogens with two attached hydrogens (primary N) is 1. The van der Waals surface area contributed by atoms with Crippen LogP contribution in [0.2, 0.25) is 5.28 Å². The summed E-state index contributed by atoms with van der Waals surface area (Å²) in [6, 6.07) is 1.43. The van der Waals surface area contributed by atoms with Crippen molar-refractivity contribution in [2.75, 3.05) is 4.72 Å². The second kappa shape index (κ2) is 5.11. The highest BCUT2D eigenvalue weighted by molar-refractivity contribution is 7.93. The number of amides is 1. The van der Waals surface area contributed by atoms with Crippen molar-refractivity contribution in [1.82, 2.24) is 9.97 Å². The Balaban J connectivity index is 2.34. The van der Waals surface area contributed by atoms with Gasteiger partial charge in [0.2, 0.25) is 5.28 Å². The van der Waals surface area contributed by atoms with Gasteiger partial charge in [0.15, 0.2) is 0 Å². The maximum absolute atomic E-state index is 12.0. The van der Waals surface area contributed by atoms with Gasteiger partial charge in [0, 0.05) is 0 Å². The van der Waals surface area contributed by atoms with E-state index in [1.54, 1.807) is 5.38 Å². The Kier molecular flexibility index (Phi) is 3.69. The standard InChI is InChI=1S/C9H7ClN4O3S2/c10-9-12-3-5(4-13-9)19(16,17)14-8-6(7(11)15)1-2-18-8/h1-4,14H,(H2,11,15). The number of carbonyl (C=O) groups excluding carboxylic acids is 1. The van der Waals surface area contributed by atoms with E-state index in [2.05, 4.69) is 14.7 Å². The number of nitrogens with zero attached hydrogens (tertiary/aromatic N) is 2. The van der Waals surface area contributed by atoms with Crippen molar-refractivity contribution < 1.29 is 13.2 Å². The van der Waals surface area contributed by atoms with Crippen LogP contribution in [0.3, 0.4) is 0 Å². The summed E-state index contributed by atoms with van der Waals surface area (Å²) in [6.45, 7) is 0. The first-order valence-corrected chi connectivity index (χ1v) is 7.52. The summed E-state index contributed by atoms with van der Waals surface area (Å²) in [5.41, 5.74) is 5.23. The highest BCUT2D eigenvalue weighted by Crippen LogP contribution is 2.25. The largest absolute Gasteiger partial charge is 0.366 e. The van der Waals surface area contributed by atoms with Crippen LogP contribution in [0.5, 0.6) is 0 Å². The molecule has 0 aliphatic heterocycles. The van der Waals surface area contributed by atoms with Crippen LogP contribution in [0.25, 0.3) is 0 Å². The van der Waals surface area contributed by atoms with Gasteiger partial charge in [-0.3, -0.25) is 9.52 Å². The number of carbonyl (C=O) groups is 1. The molecule has 7 nitrogen and oxygen atoms in total. The Morgan fingerprint density at radius 3 is 2.58 bits per heavy atom. The predicted octanol–water partition coefficient (Wildman–Crippen LogP) is 1.09. The van der Waals surface area contributed by atoms with Gasteiger partial charge in [-0.25, -0.2) is 18.4 Å². The monoisotopic (exact) mass is 318 g/mol. The van der Waals surface area contributed by atoms with Crippen LogP contribution in [0, 0.1) is 0 Å². The van der Waals surface area contributed by atoms with E-state index in [0.29, 0.717) is 0 Å². The number of thiophene rings is 1. The van der Waals surface area contributed by atoms with Gasteiger partial charge < -0.3 is 5.73 Å². The lowest BCUT2D eigenvalue weighted by Crippen LogP contribution is -2.17. The number of rotatable bonds is 4. The van der Waals surface area contributed by atoms with E-state index in [1.165, 1.54) is 6.07 Å². The fourth-order valence-corrected chi connectivity index (χ4v) is 3.31. The van der Waals surface area contributed by atoms with Crippen LogP contribution in [0.15, 0.2) is 28.7 Å². The normalized spacial score (nSPS) is 11.2. The van der Waals surface area contributed by atoms with E-state index in [-0.39, 0.29) is 20.7 Å². The van der Waals surface area contributed by atoms with Gasteiger partial charge in [0.25, 0.3) is 15.9 Å². The number of aromatic nitrogens is 2. The molecule has 0 aromatic carbocycles. The lowest BCUT2D eigenvalue weighted by Gasteiger charge is -2.06. The van der Waals surface area contributed by atoms with Crippen LogP contribution >= 0.6 is 22.9 Å². The van der Waals surface area contributed by atoms with Crippen LogP contribution in [-0.2, 0) is 10.0 Å². The zero-order valence-electron chi connectivity index (χ0n) is 9.20. The molecular weight excluding hydrogens is 312 g/mol. The molecule has 0 aliphatic rings. The fraction of sp³-hybridized carbons (Fsp3) is 0. The van der Waals surface area contributed by atoms with E-state index in [9.17, 15) is 13.2 Å². The maximum Gasteiger partial charge on any atom is 0.265 e. The number of hydrogen-bond donors (Lipinski definition) is 2. The molecular formula is C9H7ClN4O3S2. The van der Waals surface area contributed by atoms with E-state index < -0.39 is 15.9 Å². The molecule has 0 aliphatic carbocycles. The molecule has 1 amide bonds. The third-order valence-corrected chi connectivity index (χ3v) is 4.52. The van der Waals surface area contributed by atoms with Gasteiger partial charge in [0.1, 0.15) is 9.90 Å². The quantitative estimate of drug-likeness (QED) is 0.819. The van der Waals surface area contributed by atoms with Crippen LogP contribution in [0.1, 0.15) is 10.4 Å². The Labute approximate surface area is 117 Å². The van der Waals surface area contributed by atoms with E-state index in [4.69, 9.17) is 17.3 Å². The molecule has 0 atom stereocenters. The molecule has 19 heavy (non-hydrogen) atoms. The molecule has 0 saturated carbocycles. The number of halogens is 1. The van der Waals surface area contributed by atoms with Crippen molar-refractivity contribution in [2.24, 2.45) is 5.73 Å². The Morgan fingerprint density at radius 2 is 2.00 bits per heavy atom. The molecule has 0 saturated heterocycles. The molecule has 10 heteroatoms. The summed E-state index contributed by atoms with van der Waals surface area (Å²) >= 11 is 6.52. The second-order valence-electron chi connectivity index (χ2n) is 3.32. The first kappa shape index (κ1) is 13.7. The molecule has 100 valence electrons. The first-order chi connectivity index (χ1) is 8.90. The summed E-state index contributed by atoms with van der Waals surface area (Å²) in [5.74, 6) is -0.716. The fourth-order valence-electron chi connectivity index (χ4n) is 1.20. The smallest absolute Gasteiger partial charge is 0.265 e. The summed E-state index contributed by atoms with van der Waals surface area (Å²) in [5, 5.41) is 1.63. The average molecular weight is 319 g/mol. The molecule has 0 unspecified atom stereocenters. The summed E-state index contributed by atoms with van der Waals surface area (Å²) in [4.78, 5) is 18.1. The van der Waals surface area contributed by atoms with Crippen molar-refractivity contribution in [2.45, 2.75) is 4.90 Å². The number of anilines is 1. The minimum atomic E-state index is -3.89. The molecule has 0 radical (unpaired) electrons. The van der Waals surface area contributed by atoms with Gasteiger partial charge in [-0.05, 0) is 23.0 Å². The highest BCUT2D eigenvalue weighted by Gasteiger charge is 2.19. The van der Waals surface area contributed by atoms with Gasteiger partial charge >= 0.3 is 0 Å². The van der Waals surface area contributed by atoms with Gasteiger partial charge in [-0.2, -0.15) is 0 Å². The molecule has 2 aromatic heterocycles. The predicted molar refractivity (Wildman–Crippen MR) is 70.7 cm³/mol.